The van der Waals surface area contributed by atoms with E-state index in [9.17, 15) is 18.0 Å². The summed E-state index contributed by atoms with van der Waals surface area (Å²) in [5, 5.41) is 3.87. The highest BCUT2D eigenvalue weighted by Gasteiger charge is 2.35. The van der Waals surface area contributed by atoms with Crippen LogP contribution >= 0.6 is 23.2 Å². The highest BCUT2D eigenvalue weighted by Crippen LogP contribution is 2.27. The first-order chi connectivity index (χ1) is 21.5. The Morgan fingerprint density at radius 3 is 1.93 bits per heavy atom. The number of amides is 2. The van der Waals surface area contributed by atoms with Crippen molar-refractivity contribution < 1.29 is 22.7 Å². The van der Waals surface area contributed by atoms with E-state index in [2.05, 4.69) is 5.32 Å². The Bertz CT molecular complexity index is 1680. The van der Waals surface area contributed by atoms with Crippen molar-refractivity contribution in [3.63, 3.8) is 0 Å². The quantitative estimate of drug-likeness (QED) is 0.179. The number of carbonyl (C=O) groups is 2. The van der Waals surface area contributed by atoms with E-state index in [-0.39, 0.29) is 35.5 Å². The SMILES string of the molecule is COc1ccc(S(=O)(=O)N(CC(=O)N(Cc2ccc(Cl)cc2)[C@@H](Cc2ccccc2)C(=O)NC(C)C)c2ccc(Cl)cc2)cc1. The molecule has 0 aromatic heterocycles. The fraction of sp³-hybridized carbons (Fsp3) is 0.235. The van der Waals surface area contributed by atoms with Crippen LogP contribution in [0, 0.1) is 0 Å². The number of hydrogen-bond acceptors (Lipinski definition) is 5. The van der Waals surface area contributed by atoms with Gasteiger partial charge < -0.3 is 15.0 Å². The van der Waals surface area contributed by atoms with Gasteiger partial charge in [-0.25, -0.2) is 8.42 Å². The van der Waals surface area contributed by atoms with E-state index in [4.69, 9.17) is 27.9 Å². The predicted octanol–water partition coefficient (Wildman–Crippen LogP) is 6.36. The van der Waals surface area contributed by atoms with Crippen molar-refractivity contribution in [3.8, 4) is 5.75 Å². The molecule has 0 unspecified atom stereocenters. The zero-order valence-electron chi connectivity index (χ0n) is 25.2. The van der Waals surface area contributed by atoms with Gasteiger partial charge in [0.1, 0.15) is 18.3 Å². The summed E-state index contributed by atoms with van der Waals surface area (Å²) in [5.41, 5.74) is 1.80. The molecule has 1 N–H and O–H groups in total. The lowest BCUT2D eigenvalue weighted by Crippen LogP contribution is -2.54. The van der Waals surface area contributed by atoms with E-state index in [1.54, 1.807) is 36.4 Å². The number of hydrogen-bond donors (Lipinski definition) is 1. The van der Waals surface area contributed by atoms with Gasteiger partial charge in [0.15, 0.2) is 0 Å². The second-order valence-electron chi connectivity index (χ2n) is 10.7. The average Bonchev–Trinajstić information content (AvgIpc) is 3.03. The van der Waals surface area contributed by atoms with Gasteiger partial charge in [-0.3, -0.25) is 13.9 Å². The normalized spacial score (nSPS) is 12.0. The van der Waals surface area contributed by atoms with Gasteiger partial charge in [-0.1, -0.05) is 65.7 Å². The first-order valence-corrected chi connectivity index (χ1v) is 16.5. The number of benzene rings is 4. The molecule has 11 heteroatoms. The minimum Gasteiger partial charge on any atom is -0.497 e. The van der Waals surface area contributed by atoms with E-state index >= 15 is 0 Å². The summed E-state index contributed by atoms with van der Waals surface area (Å²) < 4.78 is 34.4. The van der Waals surface area contributed by atoms with Crippen LogP contribution in [0.25, 0.3) is 0 Å². The molecule has 2 amide bonds. The topological polar surface area (TPSA) is 96.0 Å². The number of ether oxygens (including phenoxy) is 1. The van der Waals surface area contributed by atoms with Crippen LogP contribution < -0.4 is 14.4 Å². The molecule has 8 nitrogen and oxygen atoms in total. The number of halogens is 2. The van der Waals surface area contributed by atoms with E-state index < -0.39 is 28.5 Å². The molecule has 0 heterocycles. The van der Waals surface area contributed by atoms with E-state index in [1.807, 2.05) is 44.2 Å². The summed E-state index contributed by atoms with van der Waals surface area (Å²) in [6.07, 6.45) is 0.213. The summed E-state index contributed by atoms with van der Waals surface area (Å²) >= 11 is 12.3. The van der Waals surface area contributed by atoms with Crippen LogP contribution in [0.2, 0.25) is 10.0 Å². The molecule has 0 bridgehead atoms. The van der Waals surface area contributed by atoms with Gasteiger partial charge in [0.05, 0.1) is 17.7 Å². The van der Waals surface area contributed by atoms with Gasteiger partial charge in [0.2, 0.25) is 11.8 Å². The second-order valence-corrected chi connectivity index (χ2v) is 13.4. The fourth-order valence-corrected chi connectivity index (χ4v) is 6.40. The minimum atomic E-state index is -4.25. The summed E-state index contributed by atoms with van der Waals surface area (Å²) in [7, 11) is -2.77. The number of rotatable bonds is 13. The van der Waals surface area contributed by atoms with Crippen molar-refractivity contribution in [1.29, 1.82) is 0 Å². The zero-order valence-corrected chi connectivity index (χ0v) is 27.5. The highest BCUT2D eigenvalue weighted by molar-refractivity contribution is 7.92. The van der Waals surface area contributed by atoms with E-state index in [1.165, 1.54) is 48.4 Å². The largest absolute Gasteiger partial charge is 0.497 e. The van der Waals surface area contributed by atoms with E-state index in [0.29, 0.717) is 15.8 Å². The first kappa shape index (κ1) is 33.8. The molecule has 0 aliphatic heterocycles. The maximum absolute atomic E-state index is 14.4. The molecule has 4 aromatic carbocycles. The number of anilines is 1. The maximum atomic E-state index is 14.4. The Morgan fingerprint density at radius 1 is 0.800 bits per heavy atom. The van der Waals surface area contributed by atoms with Gasteiger partial charge in [-0.15, -0.1) is 0 Å². The molecule has 0 aliphatic carbocycles. The standard InChI is InChI=1S/C34H35Cl2N3O5S/c1-24(2)37-34(41)32(21-25-7-5-4-6-8-25)38(22-26-9-11-27(35)12-10-26)33(40)23-39(29-15-13-28(36)14-16-29)45(42,43)31-19-17-30(44-3)18-20-31/h4-20,24,32H,21-23H2,1-3H3,(H,37,41)/t32-/m0/s1. The van der Waals surface area contributed by atoms with Gasteiger partial charge in [-0.05, 0) is 85.6 Å². The lowest BCUT2D eigenvalue weighted by atomic mass is 10.0. The second kappa shape index (κ2) is 15.3. The highest BCUT2D eigenvalue weighted by atomic mass is 35.5. The number of methoxy groups -OCH3 is 1. The van der Waals surface area contributed by atoms with Gasteiger partial charge in [-0.2, -0.15) is 0 Å². The molecule has 45 heavy (non-hydrogen) atoms. The van der Waals surface area contributed by atoms with Crippen LogP contribution in [0.4, 0.5) is 5.69 Å². The van der Waals surface area contributed by atoms with Gasteiger partial charge in [0, 0.05) is 29.1 Å². The third-order valence-electron chi connectivity index (χ3n) is 7.01. The molecular weight excluding hydrogens is 633 g/mol. The molecule has 236 valence electrons. The Kier molecular flexibility index (Phi) is 11.5. The lowest BCUT2D eigenvalue weighted by Gasteiger charge is -2.34. The lowest BCUT2D eigenvalue weighted by molar-refractivity contribution is -0.140. The number of sulfonamides is 1. The first-order valence-electron chi connectivity index (χ1n) is 14.3. The minimum absolute atomic E-state index is 0.0336. The Morgan fingerprint density at radius 2 is 1.38 bits per heavy atom. The number of carbonyl (C=O) groups excluding carboxylic acids is 2. The molecule has 1 atom stereocenters. The predicted molar refractivity (Wildman–Crippen MR) is 178 cm³/mol. The summed E-state index contributed by atoms with van der Waals surface area (Å²) in [4.78, 5) is 29.6. The number of nitrogens with zero attached hydrogens (tertiary/aromatic N) is 2. The number of nitrogens with one attached hydrogen (secondary N) is 1. The molecule has 4 aromatic rings. The van der Waals surface area contributed by atoms with Gasteiger partial charge in [0.25, 0.3) is 10.0 Å². The van der Waals surface area contributed by atoms with Crippen molar-refractivity contribution in [2.45, 2.75) is 43.8 Å². The Labute approximate surface area is 274 Å². The zero-order chi connectivity index (χ0) is 32.6. The third-order valence-corrected chi connectivity index (χ3v) is 9.30. The van der Waals surface area contributed by atoms with Crippen LogP contribution in [0.5, 0.6) is 5.75 Å². The molecule has 0 fully saturated rings. The third kappa shape index (κ3) is 9.00. The molecular formula is C34H35Cl2N3O5S. The monoisotopic (exact) mass is 667 g/mol. The van der Waals surface area contributed by atoms with Crippen LogP contribution in [-0.4, -0.2) is 50.9 Å². The van der Waals surface area contributed by atoms with Crippen molar-refractivity contribution >= 4 is 50.7 Å². The Hall–Kier alpha value is -4.05. The summed E-state index contributed by atoms with van der Waals surface area (Å²) in [5.74, 6) is -0.443. The van der Waals surface area contributed by atoms with Crippen molar-refractivity contribution in [2.24, 2.45) is 0 Å². The molecule has 0 saturated carbocycles. The molecule has 0 saturated heterocycles. The summed E-state index contributed by atoms with van der Waals surface area (Å²) in [6.45, 7) is 3.14. The van der Waals surface area contributed by atoms with Crippen molar-refractivity contribution in [2.75, 3.05) is 18.0 Å². The van der Waals surface area contributed by atoms with Crippen LogP contribution in [0.3, 0.4) is 0 Å². The van der Waals surface area contributed by atoms with Crippen molar-refractivity contribution in [3.05, 3.63) is 124 Å². The molecule has 0 aliphatic rings. The molecule has 0 radical (unpaired) electrons. The van der Waals surface area contributed by atoms with Crippen LogP contribution in [-0.2, 0) is 32.6 Å². The molecule has 0 spiro atoms. The fourth-order valence-electron chi connectivity index (χ4n) is 4.73. The van der Waals surface area contributed by atoms with E-state index in [0.717, 1.165) is 15.4 Å². The maximum Gasteiger partial charge on any atom is 0.264 e. The van der Waals surface area contributed by atoms with Crippen molar-refractivity contribution in [1.82, 2.24) is 10.2 Å². The van der Waals surface area contributed by atoms with Crippen LogP contribution in [0.1, 0.15) is 25.0 Å². The average molecular weight is 669 g/mol. The summed E-state index contributed by atoms with van der Waals surface area (Å²) in [6, 6.07) is 27.3. The molecule has 4 rings (SSSR count). The smallest absolute Gasteiger partial charge is 0.264 e. The van der Waals surface area contributed by atoms with Crippen LogP contribution in [0.15, 0.2) is 108 Å². The van der Waals surface area contributed by atoms with Gasteiger partial charge >= 0.3 is 0 Å². The Balaban J connectivity index is 1.79.